The maximum absolute atomic E-state index is 12.5. The molecule has 4 N–H and O–H groups in total. The molecule has 102 valence electrons. The number of nitrogens with zero attached hydrogens (tertiary/aromatic N) is 1. The highest BCUT2D eigenvalue weighted by molar-refractivity contribution is 5.83. The van der Waals surface area contributed by atoms with E-state index in [1.165, 1.54) is 0 Å². The molecule has 0 aliphatic carbocycles. The number of alkyl halides is 3. The minimum Gasteiger partial charge on any atom is -0.409 e. The molecule has 0 spiro atoms. The lowest BCUT2D eigenvalue weighted by Gasteiger charge is -2.21. The molecule has 0 aliphatic heterocycles. The predicted octanol–water partition coefficient (Wildman–Crippen LogP) is 1.94. The molecule has 0 saturated heterocycles. The van der Waals surface area contributed by atoms with Gasteiger partial charge in [0.2, 0.25) is 0 Å². The van der Waals surface area contributed by atoms with Gasteiger partial charge in [-0.05, 0) is 18.4 Å². The standard InChI is InChI=1S/C10H20F3N3O/c1-9(2,3)4-5-15-6-7(8(14)16-17)10(11,12)13/h7,15,17H,4-6H2,1-3H3,(H2,14,16). The molecular weight excluding hydrogens is 235 g/mol. The van der Waals surface area contributed by atoms with Crippen molar-refractivity contribution in [3.8, 4) is 0 Å². The SMILES string of the molecule is CC(C)(C)CCNCC(C(N)=NO)C(F)(F)F. The van der Waals surface area contributed by atoms with Crippen LogP contribution in [0.4, 0.5) is 13.2 Å². The number of rotatable bonds is 5. The Kier molecular flexibility index (Phi) is 5.74. The molecule has 4 nitrogen and oxygen atoms in total. The van der Waals surface area contributed by atoms with E-state index in [2.05, 4.69) is 10.5 Å². The maximum Gasteiger partial charge on any atom is 0.400 e. The molecule has 0 radical (unpaired) electrons. The summed E-state index contributed by atoms with van der Waals surface area (Å²) in [5, 5.41) is 13.4. The Morgan fingerprint density at radius 3 is 2.24 bits per heavy atom. The summed E-state index contributed by atoms with van der Waals surface area (Å²) in [4.78, 5) is 0. The van der Waals surface area contributed by atoms with Gasteiger partial charge in [0.15, 0.2) is 5.84 Å². The van der Waals surface area contributed by atoms with Gasteiger partial charge in [0.25, 0.3) is 0 Å². The molecule has 0 aliphatic rings. The van der Waals surface area contributed by atoms with Crippen LogP contribution >= 0.6 is 0 Å². The van der Waals surface area contributed by atoms with Gasteiger partial charge in [-0.25, -0.2) is 0 Å². The third-order valence-electron chi connectivity index (χ3n) is 2.27. The van der Waals surface area contributed by atoms with Gasteiger partial charge >= 0.3 is 6.18 Å². The molecule has 7 heteroatoms. The van der Waals surface area contributed by atoms with E-state index in [1.807, 2.05) is 20.8 Å². The number of amidine groups is 1. The molecule has 17 heavy (non-hydrogen) atoms. The van der Waals surface area contributed by atoms with Gasteiger partial charge < -0.3 is 16.3 Å². The van der Waals surface area contributed by atoms with Crippen LogP contribution in [0.1, 0.15) is 27.2 Å². The van der Waals surface area contributed by atoms with Gasteiger partial charge in [0.05, 0.1) is 0 Å². The van der Waals surface area contributed by atoms with Crippen LogP contribution in [-0.2, 0) is 0 Å². The van der Waals surface area contributed by atoms with E-state index in [0.29, 0.717) is 6.54 Å². The van der Waals surface area contributed by atoms with E-state index in [4.69, 9.17) is 10.9 Å². The van der Waals surface area contributed by atoms with Crippen LogP contribution in [-0.4, -0.2) is 30.3 Å². The van der Waals surface area contributed by atoms with Gasteiger partial charge in [-0.3, -0.25) is 0 Å². The molecule has 0 bridgehead atoms. The molecule has 0 aromatic heterocycles. The lowest BCUT2D eigenvalue weighted by molar-refractivity contribution is -0.154. The summed E-state index contributed by atoms with van der Waals surface area (Å²) in [6, 6.07) is 0. The molecular formula is C10H20F3N3O. The van der Waals surface area contributed by atoms with Crippen LogP contribution in [0, 0.1) is 11.3 Å². The average Bonchev–Trinajstić information content (AvgIpc) is 2.13. The quantitative estimate of drug-likeness (QED) is 0.231. The highest BCUT2D eigenvalue weighted by atomic mass is 19.4. The van der Waals surface area contributed by atoms with Crippen LogP contribution in [0.5, 0.6) is 0 Å². The first kappa shape index (κ1) is 16.0. The lowest BCUT2D eigenvalue weighted by atomic mass is 9.92. The average molecular weight is 255 g/mol. The number of oxime groups is 1. The van der Waals surface area contributed by atoms with Crippen molar-refractivity contribution in [3.63, 3.8) is 0 Å². The first-order chi connectivity index (χ1) is 7.58. The van der Waals surface area contributed by atoms with Crippen molar-refractivity contribution in [3.05, 3.63) is 0 Å². The lowest BCUT2D eigenvalue weighted by Crippen LogP contribution is -2.43. The monoisotopic (exact) mass is 255 g/mol. The molecule has 0 heterocycles. The smallest absolute Gasteiger partial charge is 0.400 e. The van der Waals surface area contributed by atoms with Crippen molar-refractivity contribution in [2.24, 2.45) is 22.2 Å². The summed E-state index contributed by atoms with van der Waals surface area (Å²) in [7, 11) is 0. The highest BCUT2D eigenvalue weighted by Gasteiger charge is 2.42. The Morgan fingerprint density at radius 2 is 1.88 bits per heavy atom. The summed E-state index contributed by atoms with van der Waals surface area (Å²) in [5.74, 6) is -2.77. The van der Waals surface area contributed by atoms with Crippen LogP contribution < -0.4 is 11.1 Å². The zero-order valence-corrected chi connectivity index (χ0v) is 10.3. The number of hydrogen-bond donors (Lipinski definition) is 3. The number of nitrogens with one attached hydrogen (secondary N) is 1. The van der Waals surface area contributed by atoms with Gasteiger partial charge in [0.1, 0.15) is 5.92 Å². The summed E-state index contributed by atoms with van der Waals surface area (Å²) < 4.78 is 37.5. The normalized spacial score (nSPS) is 16.0. The largest absolute Gasteiger partial charge is 0.409 e. The summed E-state index contributed by atoms with van der Waals surface area (Å²) >= 11 is 0. The second-order valence-electron chi connectivity index (χ2n) is 5.13. The zero-order valence-electron chi connectivity index (χ0n) is 10.3. The van der Waals surface area contributed by atoms with E-state index in [1.54, 1.807) is 0 Å². The first-order valence-electron chi connectivity index (χ1n) is 5.33. The molecule has 0 saturated carbocycles. The third kappa shape index (κ3) is 7.04. The topological polar surface area (TPSA) is 70.6 Å². The second kappa shape index (κ2) is 6.09. The number of halogens is 3. The maximum atomic E-state index is 12.5. The first-order valence-corrected chi connectivity index (χ1v) is 5.33. The zero-order chi connectivity index (χ0) is 13.7. The Hall–Kier alpha value is -0.980. The van der Waals surface area contributed by atoms with E-state index in [-0.39, 0.29) is 12.0 Å². The van der Waals surface area contributed by atoms with Crippen LogP contribution in [0.3, 0.4) is 0 Å². The molecule has 0 rings (SSSR count). The van der Waals surface area contributed by atoms with Gasteiger partial charge in [0, 0.05) is 6.54 Å². The van der Waals surface area contributed by atoms with E-state index >= 15 is 0 Å². The minimum absolute atomic E-state index is 0.0529. The van der Waals surface area contributed by atoms with E-state index in [0.717, 1.165) is 6.42 Å². The highest BCUT2D eigenvalue weighted by Crippen LogP contribution is 2.26. The Morgan fingerprint density at radius 1 is 1.35 bits per heavy atom. The van der Waals surface area contributed by atoms with Crippen LogP contribution in [0.15, 0.2) is 5.16 Å². The Labute approximate surface area is 99.1 Å². The molecule has 0 aromatic rings. The van der Waals surface area contributed by atoms with Gasteiger partial charge in [-0.1, -0.05) is 25.9 Å². The fourth-order valence-corrected chi connectivity index (χ4v) is 1.17. The third-order valence-corrected chi connectivity index (χ3v) is 2.27. The van der Waals surface area contributed by atoms with Crippen molar-refractivity contribution in [1.82, 2.24) is 5.32 Å². The Balaban J connectivity index is 4.21. The molecule has 0 amide bonds. The van der Waals surface area contributed by atoms with Gasteiger partial charge in [-0.15, -0.1) is 0 Å². The van der Waals surface area contributed by atoms with E-state index < -0.39 is 17.9 Å². The number of nitrogens with two attached hydrogens (primary N) is 1. The second-order valence-corrected chi connectivity index (χ2v) is 5.13. The fourth-order valence-electron chi connectivity index (χ4n) is 1.17. The number of hydrogen-bond acceptors (Lipinski definition) is 3. The summed E-state index contributed by atoms with van der Waals surface area (Å²) in [6.45, 7) is 6.07. The van der Waals surface area contributed by atoms with E-state index in [9.17, 15) is 13.2 Å². The molecule has 0 aromatic carbocycles. The summed E-state index contributed by atoms with van der Waals surface area (Å²) in [5.41, 5.74) is 5.06. The van der Waals surface area contributed by atoms with Crippen molar-refractivity contribution in [2.45, 2.75) is 33.4 Å². The van der Waals surface area contributed by atoms with Crippen LogP contribution in [0.25, 0.3) is 0 Å². The minimum atomic E-state index is -4.51. The van der Waals surface area contributed by atoms with Crippen molar-refractivity contribution >= 4 is 5.84 Å². The molecule has 0 fully saturated rings. The summed E-state index contributed by atoms with van der Waals surface area (Å²) in [6.07, 6.45) is -3.77. The van der Waals surface area contributed by atoms with Crippen molar-refractivity contribution in [1.29, 1.82) is 0 Å². The fraction of sp³-hybridized carbons (Fsp3) is 0.900. The van der Waals surface area contributed by atoms with Gasteiger partial charge in [-0.2, -0.15) is 13.2 Å². The predicted molar refractivity (Wildman–Crippen MR) is 59.9 cm³/mol. The Bertz CT molecular complexity index is 259. The van der Waals surface area contributed by atoms with Crippen molar-refractivity contribution < 1.29 is 18.4 Å². The molecule has 1 unspecified atom stereocenters. The van der Waals surface area contributed by atoms with Crippen LogP contribution in [0.2, 0.25) is 0 Å². The van der Waals surface area contributed by atoms with Crippen molar-refractivity contribution in [2.75, 3.05) is 13.1 Å². The molecule has 1 atom stereocenters.